The van der Waals surface area contributed by atoms with Crippen LogP contribution >= 0.6 is 11.3 Å². The first-order valence-corrected chi connectivity index (χ1v) is 6.41. The van der Waals surface area contributed by atoms with Crippen LogP contribution in [0.25, 0.3) is 10.6 Å². The molecule has 0 fully saturated rings. The molecule has 0 saturated heterocycles. The van der Waals surface area contributed by atoms with Crippen molar-refractivity contribution in [2.24, 2.45) is 11.7 Å². The molecule has 0 aliphatic rings. The van der Waals surface area contributed by atoms with E-state index in [-0.39, 0.29) is 5.84 Å². The maximum atomic E-state index is 7.60. The predicted molar refractivity (Wildman–Crippen MR) is 71.4 cm³/mol. The van der Waals surface area contributed by atoms with Crippen molar-refractivity contribution in [3.63, 3.8) is 0 Å². The number of rotatable bonds is 4. The molecule has 2 rings (SSSR count). The molecule has 2 aromatic rings. The van der Waals surface area contributed by atoms with E-state index in [1.54, 1.807) is 11.3 Å². The molecule has 0 bridgehead atoms. The largest absolute Gasteiger partial charge is 0.384 e. The van der Waals surface area contributed by atoms with Gasteiger partial charge in [-0.1, -0.05) is 19.9 Å². The Morgan fingerprint density at radius 3 is 2.88 bits per heavy atom. The summed E-state index contributed by atoms with van der Waals surface area (Å²) in [4.78, 5) is 1.05. The highest BCUT2D eigenvalue weighted by Gasteiger charge is 2.14. The van der Waals surface area contributed by atoms with Crippen molar-refractivity contribution >= 4 is 17.2 Å². The molecule has 0 radical (unpaired) electrons. The van der Waals surface area contributed by atoms with Crippen LogP contribution in [0.1, 0.15) is 19.4 Å². The molecule has 0 saturated carbocycles. The van der Waals surface area contributed by atoms with E-state index in [0.29, 0.717) is 11.5 Å². The maximum absolute atomic E-state index is 7.60. The summed E-state index contributed by atoms with van der Waals surface area (Å²) in [6.07, 6.45) is 1.86. The molecule has 90 valence electrons. The van der Waals surface area contributed by atoms with Crippen LogP contribution < -0.4 is 5.73 Å². The molecule has 3 N–H and O–H groups in total. The zero-order valence-corrected chi connectivity index (χ0v) is 10.8. The molecule has 0 aliphatic heterocycles. The van der Waals surface area contributed by atoms with Crippen LogP contribution in [0, 0.1) is 11.3 Å². The number of aromatic nitrogens is 2. The molecule has 2 heterocycles. The van der Waals surface area contributed by atoms with Gasteiger partial charge in [0.1, 0.15) is 11.5 Å². The van der Waals surface area contributed by atoms with Crippen molar-refractivity contribution in [3.05, 3.63) is 29.3 Å². The number of nitrogens with zero attached hydrogens (tertiary/aromatic N) is 2. The van der Waals surface area contributed by atoms with Gasteiger partial charge in [0.05, 0.1) is 10.4 Å². The molecule has 17 heavy (non-hydrogen) atoms. The molecule has 0 atom stereocenters. The van der Waals surface area contributed by atoms with E-state index in [1.807, 2.05) is 28.4 Å². The van der Waals surface area contributed by atoms with Crippen molar-refractivity contribution < 1.29 is 0 Å². The smallest absolute Gasteiger partial charge is 0.126 e. The van der Waals surface area contributed by atoms with E-state index in [4.69, 9.17) is 11.1 Å². The number of thiophene rings is 1. The quantitative estimate of drug-likeness (QED) is 0.645. The SMILES string of the molecule is CC(C)Cn1cc(C(=N)N)c(-c2cccs2)n1. The highest BCUT2D eigenvalue weighted by Crippen LogP contribution is 2.26. The molecule has 0 amide bonds. The molecule has 4 nitrogen and oxygen atoms in total. The Kier molecular flexibility index (Phi) is 3.28. The molecule has 2 aromatic heterocycles. The summed E-state index contributed by atoms with van der Waals surface area (Å²) >= 11 is 1.61. The average Bonchev–Trinajstić information content (AvgIpc) is 2.82. The third-order valence-corrected chi connectivity index (χ3v) is 3.24. The second kappa shape index (κ2) is 4.71. The van der Waals surface area contributed by atoms with Gasteiger partial charge < -0.3 is 5.73 Å². The van der Waals surface area contributed by atoms with Crippen LogP contribution in [0.2, 0.25) is 0 Å². The first kappa shape index (κ1) is 11.9. The van der Waals surface area contributed by atoms with Gasteiger partial charge in [-0.05, 0) is 17.4 Å². The first-order valence-electron chi connectivity index (χ1n) is 5.53. The molecule has 0 unspecified atom stereocenters. The van der Waals surface area contributed by atoms with Gasteiger partial charge in [-0.2, -0.15) is 5.10 Å². The van der Waals surface area contributed by atoms with Gasteiger partial charge >= 0.3 is 0 Å². The summed E-state index contributed by atoms with van der Waals surface area (Å²) in [5.41, 5.74) is 7.13. The lowest BCUT2D eigenvalue weighted by atomic mass is 10.2. The highest BCUT2D eigenvalue weighted by atomic mass is 32.1. The number of hydrogen-bond acceptors (Lipinski definition) is 3. The van der Waals surface area contributed by atoms with E-state index >= 15 is 0 Å². The van der Waals surface area contributed by atoms with Crippen LogP contribution in [0.15, 0.2) is 23.7 Å². The number of nitrogens with two attached hydrogens (primary N) is 1. The Balaban J connectivity index is 2.43. The van der Waals surface area contributed by atoms with Crippen LogP contribution in [0.5, 0.6) is 0 Å². The lowest BCUT2D eigenvalue weighted by Gasteiger charge is -2.03. The molecule has 0 aromatic carbocycles. The fourth-order valence-electron chi connectivity index (χ4n) is 1.68. The minimum Gasteiger partial charge on any atom is -0.384 e. The maximum Gasteiger partial charge on any atom is 0.126 e. The first-order chi connectivity index (χ1) is 8.08. The molecule has 0 aliphatic carbocycles. The monoisotopic (exact) mass is 248 g/mol. The summed E-state index contributed by atoms with van der Waals surface area (Å²) in [6, 6.07) is 3.98. The van der Waals surface area contributed by atoms with Crippen LogP contribution in [0.4, 0.5) is 0 Å². The zero-order valence-electron chi connectivity index (χ0n) is 9.97. The van der Waals surface area contributed by atoms with E-state index in [0.717, 1.165) is 17.1 Å². The van der Waals surface area contributed by atoms with Crippen molar-refractivity contribution in [3.8, 4) is 10.6 Å². The van der Waals surface area contributed by atoms with Crippen LogP contribution in [-0.2, 0) is 6.54 Å². The van der Waals surface area contributed by atoms with Gasteiger partial charge in [-0.25, -0.2) is 0 Å². The standard InChI is InChI=1S/C12H16N4S/c1-8(2)6-16-7-9(12(13)14)11(15-16)10-4-3-5-17-10/h3-5,7-8H,6H2,1-2H3,(H3,13,14). The Morgan fingerprint density at radius 1 is 1.59 bits per heavy atom. The fraction of sp³-hybridized carbons (Fsp3) is 0.333. The van der Waals surface area contributed by atoms with Gasteiger partial charge in [0, 0.05) is 12.7 Å². The molecule has 5 heteroatoms. The normalized spacial score (nSPS) is 11.0. The van der Waals surface area contributed by atoms with Gasteiger partial charge in [-0.15, -0.1) is 11.3 Å². The minimum atomic E-state index is 0.0726. The van der Waals surface area contributed by atoms with Gasteiger partial charge in [0.2, 0.25) is 0 Å². The second-order valence-corrected chi connectivity index (χ2v) is 5.35. The average molecular weight is 248 g/mol. The lowest BCUT2D eigenvalue weighted by molar-refractivity contribution is 0.484. The van der Waals surface area contributed by atoms with Gasteiger partial charge in [0.15, 0.2) is 0 Å². The van der Waals surface area contributed by atoms with Gasteiger partial charge in [0.25, 0.3) is 0 Å². The van der Waals surface area contributed by atoms with E-state index in [9.17, 15) is 0 Å². The summed E-state index contributed by atoms with van der Waals surface area (Å²) in [7, 11) is 0. The number of nitrogen functional groups attached to an aromatic ring is 1. The highest BCUT2D eigenvalue weighted by molar-refractivity contribution is 7.13. The molecule has 0 spiro atoms. The summed E-state index contributed by atoms with van der Waals surface area (Å²) < 4.78 is 1.87. The summed E-state index contributed by atoms with van der Waals surface area (Å²) in [5.74, 6) is 0.592. The number of amidine groups is 1. The van der Waals surface area contributed by atoms with E-state index < -0.39 is 0 Å². The Bertz CT molecular complexity index is 511. The topological polar surface area (TPSA) is 67.7 Å². The summed E-state index contributed by atoms with van der Waals surface area (Å²) in [5, 5.41) is 14.1. The second-order valence-electron chi connectivity index (χ2n) is 4.40. The van der Waals surface area contributed by atoms with Crippen molar-refractivity contribution in [2.45, 2.75) is 20.4 Å². The van der Waals surface area contributed by atoms with Crippen LogP contribution in [0.3, 0.4) is 0 Å². The predicted octanol–water partition coefficient (Wildman–Crippen LogP) is 2.55. The Labute approximate surface area is 105 Å². The van der Waals surface area contributed by atoms with E-state index in [2.05, 4.69) is 18.9 Å². The molecular weight excluding hydrogens is 232 g/mol. The van der Waals surface area contributed by atoms with E-state index in [1.165, 1.54) is 0 Å². The lowest BCUT2D eigenvalue weighted by Crippen LogP contribution is -2.11. The Morgan fingerprint density at radius 2 is 2.35 bits per heavy atom. The Hall–Kier alpha value is -1.62. The third-order valence-electron chi connectivity index (χ3n) is 2.36. The van der Waals surface area contributed by atoms with Gasteiger partial charge in [-0.3, -0.25) is 10.1 Å². The number of nitrogens with one attached hydrogen (secondary N) is 1. The van der Waals surface area contributed by atoms with Crippen molar-refractivity contribution in [2.75, 3.05) is 0 Å². The third kappa shape index (κ3) is 2.55. The fourth-order valence-corrected chi connectivity index (χ4v) is 2.40. The van der Waals surface area contributed by atoms with Crippen molar-refractivity contribution in [1.29, 1.82) is 5.41 Å². The minimum absolute atomic E-state index is 0.0726. The summed E-state index contributed by atoms with van der Waals surface area (Å²) in [6.45, 7) is 5.12. The zero-order chi connectivity index (χ0) is 12.4. The van der Waals surface area contributed by atoms with Crippen molar-refractivity contribution in [1.82, 2.24) is 9.78 Å². The molecular formula is C12H16N4S. The number of hydrogen-bond donors (Lipinski definition) is 2. The van der Waals surface area contributed by atoms with Crippen LogP contribution in [-0.4, -0.2) is 15.6 Å².